The highest BCUT2D eigenvalue weighted by Crippen LogP contribution is 2.26. The molecule has 0 atom stereocenters. The summed E-state index contributed by atoms with van der Waals surface area (Å²) < 4.78 is 5.87. The molecule has 0 bridgehead atoms. The molecule has 0 unspecified atom stereocenters. The Morgan fingerprint density at radius 3 is 2.70 bits per heavy atom. The van der Waals surface area contributed by atoms with E-state index in [2.05, 4.69) is 23.3 Å². The van der Waals surface area contributed by atoms with E-state index in [0.29, 0.717) is 10.9 Å². The van der Waals surface area contributed by atoms with E-state index in [0.717, 1.165) is 30.1 Å². The van der Waals surface area contributed by atoms with E-state index in [4.69, 9.17) is 16.3 Å². The Morgan fingerprint density at radius 1 is 1.20 bits per heavy atom. The van der Waals surface area contributed by atoms with Crippen molar-refractivity contribution in [2.24, 2.45) is 0 Å². The van der Waals surface area contributed by atoms with Gasteiger partial charge in [-0.2, -0.15) is 0 Å². The first-order chi connectivity index (χ1) is 9.58. The van der Waals surface area contributed by atoms with Crippen LogP contribution >= 0.6 is 11.6 Å². The first-order valence-corrected chi connectivity index (χ1v) is 7.08. The molecule has 1 heterocycles. The lowest BCUT2D eigenvalue weighted by atomic mass is 10.2. The van der Waals surface area contributed by atoms with Gasteiger partial charge in [-0.25, -0.2) is 4.98 Å². The molecule has 0 fully saturated rings. The van der Waals surface area contributed by atoms with E-state index in [1.807, 2.05) is 38.1 Å². The van der Waals surface area contributed by atoms with Gasteiger partial charge in [0, 0.05) is 23.3 Å². The molecule has 1 aromatic carbocycles. The van der Waals surface area contributed by atoms with Gasteiger partial charge in [0.1, 0.15) is 5.75 Å². The molecule has 0 aliphatic carbocycles. The maximum absolute atomic E-state index is 5.95. The smallest absolute Gasteiger partial charge is 0.219 e. The molecule has 3 nitrogen and oxygen atoms in total. The largest absolute Gasteiger partial charge is 0.439 e. The minimum Gasteiger partial charge on any atom is -0.439 e. The molecule has 2 rings (SSSR count). The lowest BCUT2D eigenvalue weighted by Gasteiger charge is -2.10. The number of halogens is 1. The standard InChI is InChI=1S/C16H19ClN2O/c1-4-18-10-13-8-12(3)19-16(9-13)20-15-6-5-14(17)7-11(15)2/h5-9,18H,4,10H2,1-3H3. The highest BCUT2D eigenvalue weighted by Gasteiger charge is 2.05. The number of aryl methyl sites for hydroxylation is 2. The minimum atomic E-state index is 0.614. The van der Waals surface area contributed by atoms with Crippen LogP contribution in [0.1, 0.15) is 23.7 Å². The lowest BCUT2D eigenvalue weighted by Crippen LogP contribution is -2.12. The van der Waals surface area contributed by atoms with Gasteiger partial charge < -0.3 is 10.1 Å². The molecule has 1 N–H and O–H groups in total. The van der Waals surface area contributed by atoms with Crippen LogP contribution in [0.4, 0.5) is 0 Å². The molecule has 1 aromatic heterocycles. The molecule has 0 aliphatic heterocycles. The van der Waals surface area contributed by atoms with Crippen LogP contribution in [0.5, 0.6) is 11.6 Å². The van der Waals surface area contributed by atoms with Crippen molar-refractivity contribution >= 4 is 11.6 Å². The van der Waals surface area contributed by atoms with Gasteiger partial charge in [-0.05, 0) is 55.8 Å². The third-order valence-corrected chi connectivity index (χ3v) is 3.16. The van der Waals surface area contributed by atoms with Crippen LogP contribution in [0.3, 0.4) is 0 Å². The van der Waals surface area contributed by atoms with Crippen molar-refractivity contribution in [3.05, 3.63) is 52.2 Å². The van der Waals surface area contributed by atoms with Gasteiger partial charge in [0.05, 0.1) is 0 Å². The molecule has 0 radical (unpaired) electrons. The van der Waals surface area contributed by atoms with Crippen molar-refractivity contribution in [2.45, 2.75) is 27.3 Å². The summed E-state index contributed by atoms with van der Waals surface area (Å²) in [5.41, 5.74) is 3.11. The summed E-state index contributed by atoms with van der Waals surface area (Å²) in [6.45, 7) is 7.78. The Balaban J connectivity index is 2.21. The zero-order valence-electron chi connectivity index (χ0n) is 12.0. The summed E-state index contributed by atoms with van der Waals surface area (Å²) >= 11 is 5.95. The predicted octanol–water partition coefficient (Wildman–Crippen LogP) is 4.25. The number of nitrogens with one attached hydrogen (secondary N) is 1. The minimum absolute atomic E-state index is 0.614. The maximum atomic E-state index is 5.95. The average Bonchev–Trinajstić information content (AvgIpc) is 2.39. The summed E-state index contributed by atoms with van der Waals surface area (Å²) in [4.78, 5) is 4.42. The molecule has 20 heavy (non-hydrogen) atoms. The van der Waals surface area contributed by atoms with Gasteiger partial charge >= 0.3 is 0 Å². The summed E-state index contributed by atoms with van der Waals surface area (Å²) in [6.07, 6.45) is 0. The van der Waals surface area contributed by atoms with Crippen LogP contribution in [-0.4, -0.2) is 11.5 Å². The normalized spacial score (nSPS) is 10.6. The second-order valence-corrected chi connectivity index (χ2v) is 5.18. The second kappa shape index (κ2) is 6.73. The molecular formula is C16H19ClN2O. The monoisotopic (exact) mass is 290 g/mol. The SMILES string of the molecule is CCNCc1cc(C)nc(Oc2ccc(Cl)cc2C)c1. The van der Waals surface area contributed by atoms with Crippen LogP contribution in [0.2, 0.25) is 5.02 Å². The molecule has 0 amide bonds. The van der Waals surface area contributed by atoms with Gasteiger partial charge in [0.25, 0.3) is 0 Å². The van der Waals surface area contributed by atoms with Crippen LogP contribution in [0, 0.1) is 13.8 Å². The van der Waals surface area contributed by atoms with E-state index < -0.39 is 0 Å². The predicted molar refractivity (Wildman–Crippen MR) is 82.6 cm³/mol. The highest BCUT2D eigenvalue weighted by molar-refractivity contribution is 6.30. The third kappa shape index (κ3) is 3.95. The summed E-state index contributed by atoms with van der Waals surface area (Å²) in [5.74, 6) is 1.39. The molecule has 2 aromatic rings. The topological polar surface area (TPSA) is 34.2 Å². The van der Waals surface area contributed by atoms with Gasteiger partial charge in [0.2, 0.25) is 5.88 Å². The first kappa shape index (κ1) is 14.8. The number of hydrogen-bond donors (Lipinski definition) is 1. The second-order valence-electron chi connectivity index (χ2n) is 4.75. The third-order valence-electron chi connectivity index (χ3n) is 2.92. The lowest BCUT2D eigenvalue weighted by molar-refractivity contribution is 0.457. The Kier molecular flexibility index (Phi) is 4.99. The highest BCUT2D eigenvalue weighted by atomic mass is 35.5. The first-order valence-electron chi connectivity index (χ1n) is 6.70. The number of rotatable bonds is 5. The van der Waals surface area contributed by atoms with Gasteiger partial charge in [-0.3, -0.25) is 0 Å². The Bertz CT molecular complexity index is 599. The molecule has 0 saturated heterocycles. The van der Waals surface area contributed by atoms with Gasteiger partial charge in [0.15, 0.2) is 0 Å². The zero-order valence-corrected chi connectivity index (χ0v) is 12.8. The quantitative estimate of drug-likeness (QED) is 0.894. The van der Waals surface area contributed by atoms with E-state index in [1.54, 1.807) is 0 Å². The van der Waals surface area contributed by atoms with E-state index in [-0.39, 0.29) is 0 Å². The van der Waals surface area contributed by atoms with Crippen LogP contribution < -0.4 is 10.1 Å². The zero-order chi connectivity index (χ0) is 14.5. The Labute approximate surface area is 124 Å². The average molecular weight is 291 g/mol. The van der Waals surface area contributed by atoms with E-state index in [9.17, 15) is 0 Å². The molecule has 0 saturated carbocycles. The molecule has 0 aliphatic rings. The number of nitrogens with zero attached hydrogens (tertiary/aromatic N) is 1. The van der Waals surface area contributed by atoms with Crippen LogP contribution in [0.15, 0.2) is 30.3 Å². The summed E-state index contributed by atoms with van der Waals surface area (Å²) in [5, 5.41) is 4.01. The summed E-state index contributed by atoms with van der Waals surface area (Å²) in [7, 11) is 0. The summed E-state index contributed by atoms with van der Waals surface area (Å²) in [6, 6.07) is 9.59. The maximum Gasteiger partial charge on any atom is 0.219 e. The fourth-order valence-electron chi connectivity index (χ4n) is 1.97. The number of hydrogen-bond acceptors (Lipinski definition) is 3. The fraction of sp³-hybridized carbons (Fsp3) is 0.312. The van der Waals surface area contributed by atoms with E-state index in [1.165, 1.54) is 5.56 Å². The van der Waals surface area contributed by atoms with Crippen molar-refractivity contribution in [3.63, 3.8) is 0 Å². The number of aromatic nitrogens is 1. The van der Waals surface area contributed by atoms with Crippen molar-refractivity contribution in [1.82, 2.24) is 10.3 Å². The van der Waals surface area contributed by atoms with Crippen LogP contribution in [-0.2, 0) is 6.54 Å². The van der Waals surface area contributed by atoms with Crippen molar-refractivity contribution < 1.29 is 4.74 Å². The molecule has 106 valence electrons. The van der Waals surface area contributed by atoms with Crippen molar-refractivity contribution in [1.29, 1.82) is 0 Å². The molecule has 0 spiro atoms. The van der Waals surface area contributed by atoms with E-state index >= 15 is 0 Å². The van der Waals surface area contributed by atoms with Crippen molar-refractivity contribution in [3.8, 4) is 11.6 Å². The molecular weight excluding hydrogens is 272 g/mol. The van der Waals surface area contributed by atoms with Crippen molar-refractivity contribution in [2.75, 3.05) is 6.54 Å². The number of pyridine rings is 1. The van der Waals surface area contributed by atoms with Gasteiger partial charge in [-0.15, -0.1) is 0 Å². The molecule has 4 heteroatoms. The van der Waals surface area contributed by atoms with Crippen LogP contribution in [0.25, 0.3) is 0 Å². The Hall–Kier alpha value is -1.58. The number of ether oxygens (including phenoxy) is 1. The Morgan fingerprint density at radius 2 is 2.00 bits per heavy atom. The number of benzene rings is 1. The van der Waals surface area contributed by atoms with Gasteiger partial charge in [-0.1, -0.05) is 18.5 Å². The fourth-order valence-corrected chi connectivity index (χ4v) is 2.20.